The lowest BCUT2D eigenvalue weighted by Crippen LogP contribution is -2.43. The van der Waals surface area contributed by atoms with Crippen molar-refractivity contribution < 1.29 is 13.2 Å². The number of nitrogens with one attached hydrogen (secondary N) is 1. The Hall–Kier alpha value is -0.130. The molecule has 1 aliphatic heterocycles. The van der Waals surface area contributed by atoms with E-state index in [0.717, 1.165) is 38.7 Å². The first kappa shape index (κ1) is 23.9. The van der Waals surface area contributed by atoms with Crippen LogP contribution in [0.4, 0.5) is 0 Å². The van der Waals surface area contributed by atoms with Crippen LogP contribution in [0.5, 0.6) is 0 Å². The number of halogens is 1. The number of guanidine groups is 1. The molecular formula is C15H33IN4O3S. The second kappa shape index (κ2) is 12.3. The van der Waals surface area contributed by atoms with Crippen molar-refractivity contribution in [2.24, 2.45) is 10.9 Å². The number of nitrogens with zero attached hydrogens (tertiary/aromatic N) is 3. The van der Waals surface area contributed by atoms with Crippen LogP contribution in [0.1, 0.15) is 27.2 Å². The van der Waals surface area contributed by atoms with Gasteiger partial charge in [-0.3, -0.25) is 4.99 Å². The molecule has 0 aromatic rings. The predicted octanol–water partition coefficient (Wildman–Crippen LogP) is 1.21. The third kappa shape index (κ3) is 7.40. The monoisotopic (exact) mass is 476 g/mol. The normalized spacial score (nSPS) is 18.8. The molecule has 0 saturated carbocycles. The second-order valence-electron chi connectivity index (χ2n) is 5.63. The minimum Gasteiger partial charge on any atom is -0.381 e. The van der Waals surface area contributed by atoms with E-state index in [-0.39, 0.29) is 29.7 Å². The summed E-state index contributed by atoms with van der Waals surface area (Å²) in [6.45, 7) is 10.5. The number of rotatable bonds is 9. The van der Waals surface area contributed by atoms with Crippen molar-refractivity contribution in [3.8, 4) is 0 Å². The second-order valence-corrected chi connectivity index (χ2v) is 7.72. The van der Waals surface area contributed by atoms with Crippen molar-refractivity contribution in [3.05, 3.63) is 0 Å². The van der Waals surface area contributed by atoms with Gasteiger partial charge < -0.3 is 15.0 Å². The molecule has 0 radical (unpaired) electrons. The Morgan fingerprint density at radius 2 is 2.00 bits per heavy atom. The molecule has 1 rings (SSSR count). The Kier molecular flexibility index (Phi) is 12.2. The van der Waals surface area contributed by atoms with E-state index in [1.54, 1.807) is 7.05 Å². The van der Waals surface area contributed by atoms with Crippen LogP contribution in [0.25, 0.3) is 0 Å². The molecule has 0 aromatic carbocycles. The Bertz CT molecular complexity index is 469. The lowest BCUT2D eigenvalue weighted by molar-refractivity contribution is 0.114. The maximum absolute atomic E-state index is 12.2. The Morgan fingerprint density at radius 1 is 1.33 bits per heavy atom. The highest BCUT2D eigenvalue weighted by molar-refractivity contribution is 14.0. The summed E-state index contributed by atoms with van der Waals surface area (Å²) in [5.74, 6) is 1.39. The van der Waals surface area contributed by atoms with Crippen LogP contribution in [0.15, 0.2) is 4.99 Å². The summed E-state index contributed by atoms with van der Waals surface area (Å²) >= 11 is 0. The van der Waals surface area contributed by atoms with Gasteiger partial charge in [0.15, 0.2) is 5.96 Å². The minimum atomic E-state index is -3.20. The van der Waals surface area contributed by atoms with E-state index in [1.807, 2.05) is 20.8 Å². The van der Waals surface area contributed by atoms with E-state index < -0.39 is 10.0 Å². The topological polar surface area (TPSA) is 74.2 Å². The number of aliphatic imine (C=N–C) groups is 1. The molecule has 1 saturated heterocycles. The fourth-order valence-electron chi connectivity index (χ4n) is 2.82. The molecule has 0 bridgehead atoms. The van der Waals surface area contributed by atoms with Crippen LogP contribution in [0.3, 0.4) is 0 Å². The van der Waals surface area contributed by atoms with Crippen molar-refractivity contribution in [1.29, 1.82) is 0 Å². The average Bonchev–Trinajstić information content (AvgIpc) is 2.99. The molecule has 1 aliphatic rings. The standard InChI is InChI=1S/C15H32N4O3S.HI/c1-5-19(6-2)23(20,21)11-9-17-15(16-4)18-10-8-14(12-18)13-22-7-3;/h14H,5-13H2,1-4H3,(H,16,17);1H. The predicted molar refractivity (Wildman–Crippen MR) is 110 cm³/mol. The quantitative estimate of drug-likeness (QED) is 0.308. The molecule has 1 N–H and O–H groups in total. The van der Waals surface area contributed by atoms with E-state index in [4.69, 9.17) is 4.74 Å². The molecule has 1 fully saturated rings. The third-order valence-electron chi connectivity index (χ3n) is 4.10. The SMILES string of the molecule is CCOCC1CCN(C(=NC)NCCS(=O)(=O)N(CC)CC)C1.I. The Balaban J connectivity index is 0.00000529. The van der Waals surface area contributed by atoms with Gasteiger partial charge in [-0.05, 0) is 13.3 Å². The fourth-order valence-corrected chi connectivity index (χ4v) is 4.22. The molecule has 0 amide bonds. The summed E-state index contributed by atoms with van der Waals surface area (Å²) in [5, 5.41) is 3.18. The summed E-state index contributed by atoms with van der Waals surface area (Å²) in [5.41, 5.74) is 0. The zero-order chi connectivity index (χ0) is 17.3. The van der Waals surface area contributed by atoms with Gasteiger partial charge in [-0.15, -0.1) is 24.0 Å². The van der Waals surface area contributed by atoms with Crippen molar-refractivity contribution in [3.63, 3.8) is 0 Å². The minimum absolute atomic E-state index is 0. The van der Waals surface area contributed by atoms with Gasteiger partial charge in [-0.25, -0.2) is 12.7 Å². The lowest BCUT2D eigenvalue weighted by atomic mass is 10.1. The molecule has 0 aliphatic carbocycles. The molecule has 1 heterocycles. The number of hydrogen-bond donors (Lipinski definition) is 1. The van der Waals surface area contributed by atoms with Gasteiger partial charge in [-0.1, -0.05) is 13.8 Å². The molecular weight excluding hydrogens is 443 g/mol. The molecule has 0 aromatic heterocycles. The number of likely N-dealkylation sites (tertiary alicyclic amines) is 1. The van der Waals surface area contributed by atoms with Crippen molar-refractivity contribution in [1.82, 2.24) is 14.5 Å². The number of ether oxygens (including phenoxy) is 1. The van der Waals surface area contributed by atoms with Crippen LogP contribution in [-0.2, 0) is 14.8 Å². The van der Waals surface area contributed by atoms with Gasteiger partial charge in [0, 0.05) is 52.3 Å². The fraction of sp³-hybridized carbons (Fsp3) is 0.933. The molecule has 24 heavy (non-hydrogen) atoms. The van der Waals surface area contributed by atoms with E-state index >= 15 is 0 Å². The Morgan fingerprint density at radius 3 is 2.54 bits per heavy atom. The van der Waals surface area contributed by atoms with Crippen LogP contribution in [0, 0.1) is 5.92 Å². The van der Waals surface area contributed by atoms with Crippen LogP contribution < -0.4 is 5.32 Å². The number of hydrogen-bond acceptors (Lipinski definition) is 4. The van der Waals surface area contributed by atoms with Gasteiger partial charge in [0.05, 0.1) is 12.4 Å². The van der Waals surface area contributed by atoms with Crippen LogP contribution in [0.2, 0.25) is 0 Å². The van der Waals surface area contributed by atoms with Gasteiger partial charge in [-0.2, -0.15) is 0 Å². The maximum atomic E-state index is 12.2. The summed E-state index contributed by atoms with van der Waals surface area (Å²) in [6.07, 6.45) is 1.08. The maximum Gasteiger partial charge on any atom is 0.215 e. The molecule has 144 valence electrons. The molecule has 7 nitrogen and oxygen atoms in total. The lowest BCUT2D eigenvalue weighted by Gasteiger charge is -2.23. The smallest absolute Gasteiger partial charge is 0.215 e. The summed E-state index contributed by atoms with van der Waals surface area (Å²) < 4.78 is 31.3. The highest BCUT2D eigenvalue weighted by atomic mass is 127. The van der Waals surface area contributed by atoms with E-state index in [2.05, 4.69) is 15.2 Å². The average molecular weight is 476 g/mol. The van der Waals surface area contributed by atoms with Crippen molar-refractivity contribution in [2.45, 2.75) is 27.2 Å². The largest absolute Gasteiger partial charge is 0.381 e. The number of sulfonamides is 1. The molecule has 1 atom stereocenters. The third-order valence-corrected chi connectivity index (χ3v) is 6.12. The first-order chi connectivity index (χ1) is 11.0. The first-order valence-corrected chi connectivity index (χ1v) is 10.1. The molecule has 1 unspecified atom stereocenters. The van der Waals surface area contributed by atoms with Gasteiger partial charge in [0.25, 0.3) is 0 Å². The first-order valence-electron chi connectivity index (χ1n) is 8.49. The van der Waals surface area contributed by atoms with Crippen LogP contribution >= 0.6 is 24.0 Å². The summed E-state index contributed by atoms with van der Waals surface area (Å²) in [7, 11) is -1.46. The zero-order valence-electron chi connectivity index (χ0n) is 15.3. The van der Waals surface area contributed by atoms with Gasteiger partial charge >= 0.3 is 0 Å². The highest BCUT2D eigenvalue weighted by Crippen LogP contribution is 2.16. The van der Waals surface area contributed by atoms with E-state index in [1.165, 1.54) is 4.31 Å². The molecule has 9 heteroatoms. The van der Waals surface area contributed by atoms with Gasteiger partial charge in [0.1, 0.15) is 0 Å². The van der Waals surface area contributed by atoms with E-state index in [9.17, 15) is 8.42 Å². The molecule has 0 spiro atoms. The summed E-state index contributed by atoms with van der Waals surface area (Å²) in [4.78, 5) is 6.45. The van der Waals surface area contributed by atoms with Crippen molar-refractivity contribution >= 4 is 40.0 Å². The van der Waals surface area contributed by atoms with Crippen molar-refractivity contribution in [2.75, 3.05) is 58.7 Å². The van der Waals surface area contributed by atoms with E-state index in [0.29, 0.717) is 25.6 Å². The highest BCUT2D eigenvalue weighted by Gasteiger charge is 2.25. The zero-order valence-corrected chi connectivity index (χ0v) is 18.5. The summed E-state index contributed by atoms with van der Waals surface area (Å²) in [6, 6.07) is 0. The van der Waals surface area contributed by atoms with Gasteiger partial charge in [0.2, 0.25) is 10.0 Å². The van der Waals surface area contributed by atoms with Crippen LogP contribution in [-0.4, -0.2) is 82.3 Å². The Labute approximate surface area is 164 Å².